The van der Waals surface area contributed by atoms with Gasteiger partial charge in [0.1, 0.15) is 18.1 Å². The zero-order valence-corrected chi connectivity index (χ0v) is 20.8. The molecule has 0 bridgehead atoms. The number of nitrogens with one attached hydrogen (secondary N) is 2. The van der Waals surface area contributed by atoms with Gasteiger partial charge in [0.2, 0.25) is 0 Å². The van der Waals surface area contributed by atoms with E-state index in [1.807, 2.05) is 18.2 Å². The van der Waals surface area contributed by atoms with Gasteiger partial charge in [-0.25, -0.2) is 4.57 Å². The summed E-state index contributed by atoms with van der Waals surface area (Å²) < 4.78 is 28.8. The Bertz CT molecular complexity index is 1210. The van der Waals surface area contributed by atoms with Crippen molar-refractivity contribution in [1.82, 2.24) is 20.0 Å². The summed E-state index contributed by atoms with van der Waals surface area (Å²) in [6.45, 7) is 7.52. The lowest BCUT2D eigenvalue weighted by Crippen LogP contribution is -2.45. The fourth-order valence-corrected chi connectivity index (χ4v) is 5.10. The highest BCUT2D eigenvalue weighted by molar-refractivity contribution is 7.53. The lowest BCUT2D eigenvalue weighted by atomic mass is 10.0. The number of hydrogen-bond acceptors (Lipinski definition) is 8. The number of aromatic nitrogens is 2. The van der Waals surface area contributed by atoms with Gasteiger partial charge in [0, 0.05) is 64.0 Å². The Kier molecular flexibility index (Phi) is 6.53. The average Bonchev–Trinajstić information content (AvgIpc) is 3.43. The standard InChI is InChI=1S/C24H32N5O4P/c1-28-8-10-29(11-9-28)12-13-32-18-4-6-21-17(14-18)15-23(25-21)24-20-16-19(33-34(3,30)31-2)5-7-22(20)26-27-24/h4-7,14,16,23,25H,8-13,15H2,1-3H3,(H,26,27). The van der Waals surface area contributed by atoms with E-state index in [9.17, 15) is 4.57 Å². The van der Waals surface area contributed by atoms with E-state index in [-0.39, 0.29) is 6.04 Å². The molecular formula is C24H32N5O4P. The van der Waals surface area contributed by atoms with Gasteiger partial charge in [-0.3, -0.25) is 10.00 Å². The molecule has 9 nitrogen and oxygen atoms in total. The summed E-state index contributed by atoms with van der Waals surface area (Å²) in [5.41, 5.74) is 4.12. The largest absolute Gasteiger partial charge is 0.492 e. The summed E-state index contributed by atoms with van der Waals surface area (Å²) in [6, 6.07) is 11.8. The Labute approximate surface area is 199 Å². The molecule has 1 saturated heterocycles. The molecule has 0 saturated carbocycles. The summed E-state index contributed by atoms with van der Waals surface area (Å²) in [7, 11) is 0.416. The molecule has 5 rings (SSSR count). The number of piperazine rings is 1. The van der Waals surface area contributed by atoms with E-state index in [1.54, 1.807) is 6.07 Å². The van der Waals surface area contributed by atoms with Crippen LogP contribution in [-0.4, -0.2) is 80.2 Å². The highest BCUT2D eigenvalue weighted by Gasteiger charge is 2.26. The normalized spacial score (nSPS) is 20.6. The Morgan fingerprint density at radius 1 is 1.12 bits per heavy atom. The monoisotopic (exact) mass is 485 g/mol. The third-order valence-corrected chi connectivity index (χ3v) is 7.81. The number of aromatic amines is 1. The van der Waals surface area contributed by atoms with Gasteiger partial charge >= 0.3 is 7.60 Å². The minimum atomic E-state index is -3.14. The molecule has 3 heterocycles. The van der Waals surface area contributed by atoms with Crippen LogP contribution in [0.15, 0.2) is 36.4 Å². The number of benzene rings is 2. The van der Waals surface area contributed by atoms with Gasteiger partial charge in [-0.05, 0) is 49.0 Å². The maximum Gasteiger partial charge on any atom is 0.375 e. The van der Waals surface area contributed by atoms with Crippen molar-refractivity contribution in [1.29, 1.82) is 0 Å². The van der Waals surface area contributed by atoms with E-state index in [2.05, 4.69) is 44.5 Å². The number of ether oxygens (including phenoxy) is 1. The number of likely N-dealkylation sites (N-methyl/N-ethyl adjacent to an activating group) is 1. The van der Waals surface area contributed by atoms with Gasteiger partial charge in [0.25, 0.3) is 0 Å². The molecule has 2 N–H and O–H groups in total. The smallest absolute Gasteiger partial charge is 0.375 e. The minimum absolute atomic E-state index is 0.0479. The van der Waals surface area contributed by atoms with Crippen LogP contribution in [0.3, 0.4) is 0 Å². The fourth-order valence-electron chi connectivity index (χ4n) is 4.53. The number of nitrogens with zero attached hydrogens (tertiary/aromatic N) is 3. The van der Waals surface area contributed by atoms with Crippen molar-refractivity contribution in [2.75, 3.05) is 65.5 Å². The molecule has 2 aliphatic rings. The van der Waals surface area contributed by atoms with Gasteiger partial charge in [-0.15, -0.1) is 0 Å². The minimum Gasteiger partial charge on any atom is -0.492 e. The predicted molar refractivity (Wildman–Crippen MR) is 133 cm³/mol. The van der Waals surface area contributed by atoms with Crippen LogP contribution in [0.2, 0.25) is 0 Å². The third-order valence-electron chi connectivity index (χ3n) is 6.61. The molecular weight excluding hydrogens is 453 g/mol. The summed E-state index contributed by atoms with van der Waals surface area (Å²) in [5.74, 6) is 1.40. The molecule has 0 amide bonds. The number of anilines is 1. The Balaban J connectivity index is 1.24. The summed E-state index contributed by atoms with van der Waals surface area (Å²) >= 11 is 0. The maximum atomic E-state index is 12.2. The highest BCUT2D eigenvalue weighted by atomic mass is 31.2. The van der Waals surface area contributed by atoms with Gasteiger partial charge < -0.3 is 24.0 Å². The number of fused-ring (bicyclic) bond motifs is 2. The van der Waals surface area contributed by atoms with Crippen molar-refractivity contribution in [3.8, 4) is 11.5 Å². The van der Waals surface area contributed by atoms with Crippen LogP contribution in [0.4, 0.5) is 5.69 Å². The number of H-pyrrole nitrogens is 1. The summed E-state index contributed by atoms with van der Waals surface area (Å²) in [5, 5.41) is 12.1. The topological polar surface area (TPSA) is 92.0 Å². The molecule has 1 fully saturated rings. The van der Waals surface area contributed by atoms with Crippen molar-refractivity contribution < 1.29 is 18.3 Å². The van der Waals surface area contributed by atoms with E-state index in [0.29, 0.717) is 12.4 Å². The number of hydrogen-bond donors (Lipinski definition) is 2. The Morgan fingerprint density at radius 3 is 2.71 bits per heavy atom. The van der Waals surface area contributed by atoms with E-state index >= 15 is 0 Å². The predicted octanol–water partition coefficient (Wildman–Crippen LogP) is 3.75. The molecule has 1 aromatic heterocycles. The van der Waals surface area contributed by atoms with Crippen LogP contribution < -0.4 is 14.6 Å². The SMILES string of the molecule is COP(C)(=O)Oc1ccc2n[nH]c(C3Cc4cc(OCCN5CCN(C)CC5)ccc4N3)c2c1. The molecule has 2 aliphatic heterocycles. The van der Waals surface area contributed by atoms with Crippen LogP contribution >= 0.6 is 7.60 Å². The summed E-state index contributed by atoms with van der Waals surface area (Å²) in [6.07, 6.45) is 0.817. The first kappa shape index (κ1) is 23.2. The lowest BCUT2D eigenvalue weighted by Gasteiger charge is -2.32. The third kappa shape index (κ3) is 5.08. The first-order valence-corrected chi connectivity index (χ1v) is 13.6. The second kappa shape index (κ2) is 9.58. The van der Waals surface area contributed by atoms with Gasteiger partial charge in [0.15, 0.2) is 0 Å². The van der Waals surface area contributed by atoms with Crippen molar-refractivity contribution in [2.45, 2.75) is 12.5 Å². The van der Waals surface area contributed by atoms with E-state index in [1.165, 1.54) is 19.3 Å². The average molecular weight is 486 g/mol. The molecule has 0 spiro atoms. The van der Waals surface area contributed by atoms with Crippen LogP contribution in [0.1, 0.15) is 17.3 Å². The second-order valence-electron chi connectivity index (χ2n) is 9.07. The lowest BCUT2D eigenvalue weighted by molar-refractivity contribution is 0.133. The van der Waals surface area contributed by atoms with Crippen LogP contribution in [0.5, 0.6) is 11.5 Å². The molecule has 2 aromatic carbocycles. The van der Waals surface area contributed by atoms with Crippen molar-refractivity contribution in [2.24, 2.45) is 0 Å². The maximum absolute atomic E-state index is 12.2. The molecule has 3 aromatic rings. The molecule has 2 unspecified atom stereocenters. The Morgan fingerprint density at radius 2 is 1.91 bits per heavy atom. The zero-order valence-electron chi connectivity index (χ0n) is 19.9. The number of rotatable bonds is 8. The van der Waals surface area contributed by atoms with Crippen LogP contribution in [0.25, 0.3) is 10.9 Å². The fraction of sp³-hybridized carbons (Fsp3) is 0.458. The van der Waals surface area contributed by atoms with Crippen molar-refractivity contribution in [3.05, 3.63) is 47.7 Å². The molecule has 34 heavy (non-hydrogen) atoms. The van der Waals surface area contributed by atoms with Crippen molar-refractivity contribution in [3.63, 3.8) is 0 Å². The molecule has 2 atom stereocenters. The molecule has 0 radical (unpaired) electrons. The van der Waals surface area contributed by atoms with E-state index in [4.69, 9.17) is 13.8 Å². The summed E-state index contributed by atoms with van der Waals surface area (Å²) in [4.78, 5) is 4.82. The van der Waals surface area contributed by atoms with E-state index in [0.717, 1.165) is 67.2 Å². The second-order valence-corrected chi connectivity index (χ2v) is 11.2. The highest BCUT2D eigenvalue weighted by Crippen LogP contribution is 2.44. The molecule has 0 aliphatic carbocycles. The first-order valence-electron chi connectivity index (χ1n) is 11.6. The molecule has 10 heteroatoms. The van der Waals surface area contributed by atoms with Gasteiger partial charge in [-0.1, -0.05) is 0 Å². The van der Waals surface area contributed by atoms with Crippen LogP contribution in [-0.2, 0) is 15.5 Å². The van der Waals surface area contributed by atoms with Crippen LogP contribution in [0, 0.1) is 0 Å². The first-order chi connectivity index (χ1) is 16.4. The quantitative estimate of drug-likeness (QED) is 0.466. The van der Waals surface area contributed by atoms with Gasteiger partial charge in [0.05, 0.1) is 17.3 Å². The Hall–Kier alpha value is -2.58. The van der Waals surface area contributed by atoms with Crippen molar-refractivity contribution >= 4 is 24.2 Å². The molecule has 182 valence electrons. The zero-order chi connectivity index (χ0) is 23.7. The van der Waals surface area contributed by atoms with Gasteiger partial charge in [-0.2, -0.15) is 5.10 Å². The van der Waals surface area contributed by atoms with E-state index < -0.39 is 7.60 Å².